The van der Waals surface area contributed by atoms with Crippen LogP contribution >= 0.6 is 0 Å². The summed E-state index contributed by atoms with van der Waals surface area (Å²) in [5.41, 5.74) is -1.98. The van der Waals surface area contributed by atoms with Gasteiger partial charge in [0.25, 0.3) is 0 Å². The summed E-state index contributed by atoms with van der Waals surface area (Å²) in [5, 5.41) is 78.0. The molecule has 330 valence electrons. The Hall–Kier alpha value is -1.27. The molecule has 8 rings (SSSR count). The molecular weight excluding hydrogens is 752 g/mol. The van der Waals surface area contributed by atoms with Gasteiger partial charge in [-0.15, -0.1) is 0 Å². The van der Waals surface area contributed by atoms with E-state index in [0.29, 0.717) is 19.4 Å². The molecule has 2 bridgehead atoms. The van der Waals surface area contributed by atoms with E-state index in [-0.39, 0.29) is 51.4 Å². The molecule has 8 aliphatic rings. The number of allylic oxidation sites excluding steroid dienone is 1. The fourth-order valence-electron chi connectivity index (χ4n) is 14.6. The van der Waals surface area contributed by atoms with Gasteiger partial charge in [-0.2, -0.15) is 0 Å². The number of fused-ring (bicyclic) bond motifs is 4. The van der Waals surface area contributed by atoms with Crippen molar-refractivity contribution in [2.45, 2.75) is 186 Å². The zero-order chi connectivity index (χ0) is 42.2. The van der Waals surface area contributed by atoms with Gasteiger partial charge in [-0.05, 0) is 86.4 Å². The minimum Gasteiger partial charge on any atom is -0.457 e. The van der Waals surface area contributed by atoms with Gasteiger partial charge in [0.2, 0.25) is 0 Å². The van der Waals surface area contributed by atoms with Gasteiger partial charge in [0.1, 0.15) is 36.6 Å². The highest BCUT2D eigenvalue weighted by Crippen LogP contribution is 2.79. The molecule has 0 amide bonds. The molecule has 7 fully saturated rings. The lowest BCUT2D eigenvalue weighted by molar-refractivity contribution is -0.367. The Morgan fingerprint density at radius 3 is 2.17 bits per heavy atom. The first kappa shape index (κ1) is 43.4. The van der Waals surface area contributed by atoms with Crippen molar-refractivity contribution in [3.8, 4) is 0 Å². The molecule has 0 aromatic rings. The summed E-state index contributed by atoms with van der Waals surface area (Å²) in [6, 6.07) is 0. The Morgan fingerprint density at radius 2 is 1.50 bits per heavy atom. The van der Waals surface area contributed by atoms with Crippen molar-refractivity contribution >= 4 is 5.97 Å². The average molecular weight is 823 g/mol. The van der Waals surface area contributed by atoms with Gasteiger partial charge in [0, 0.05) is 29.1 Å². The molecule has 0 aromatic heterocycles. The van der Waals surface area contributed by atoms with Crippen molar-refractivity contribution in [3.05, 3.63) is 12.2 Å². The number of esters is 1. The molecule has 4 saturated carbocycles. The number of aliphatic hydroxyl groups excluding tert-OH is 7. The summed E-state index contributed by atoms with van der Waals surface area (Å²) < 4.78 is 36.6. The number of carbonyl (C=O) groups excluding carboxylic acids is 1. The van der Waals surface area contributed by atoms with Crippen molar-refractivity contribution in [3.63, 3.8) is 0 Å². The summed E-state index contributed by atoms with van der Waals surface area (Å²) in [6.07, 6.45) is -3.51. The lowest BCUT2D eigenvalue weighted by Gasteiger charge is -2.73. The summed E-state index contributed by atoms with van der Waals surface area (Å²) in [7, 11) is 0. The Kier molecular flexibility index (Phi) is 10.8. The lowest BCUT2D eigenvalue weighted by Crippen LogP contribution is -2.72. The second kappa shape index (κ2) is 14.4. The minimum atomic E-state index is -1.75. The van der Waals surface area contributed by atoms with Crippen molar-refractivity contribution in [1.29, 1.82) is 0 Å². The topological polar surface area (TPSA) is 214 Å². The highest BCUT2D eigenvalue weighted by Gasteiger charge is 2.79. The third-order valence-corrected chi connectivity index (χ3v) is 18.2. The van der Waals surface area contributed by atoms with E-state index in [2.05, 4.69) is 53.7 Å². The molecule has 3 aliphatic heterocycles. The molecule has 5 aliphatic carbocycles. The van der Waals surface area contributed by atoms with Crippen LogP contribution in [-0.4, -0.2) is 141 Å². The van der Waals surface area contributed by atoms with Gasteiger partial charge >= 0.3 is 5.97 Å². The fourth-order valence-corrected chi connectivity index (χ4v) is 14.6. The number of hydrogen-bond donors (Lipinski definition) is 7. The van der Waals surface area contributed by atoms with E-state index < -0.39 is 97.2 Å². The van der Waals surface area contributed by atoms with E-state index in [1.807, 2.05) is 0 Å². The summed E-state index contributed by atoms with van der Waals surface area (Å²) >= 11 is 0. The Morgan fingerprint density at radius 1 is 0.793 bits per heavy atom. The Balaban J connectivity index is 1.03. The monoisotopic (exact) mass is 822 g/mol. The quantitative estimate of drug-likeness (QED) is 0.112. The van der Waals surface area contributed by atoms with Gasteiger partial charge in [0.15, 0.2) is 18.7 Å². The molecule has 0 aromatic carbocycles. The number of aliphatic hydroxyl groups is 7. The number of ether oxygens (including phenoxy) is 6. The van der Waals surface area contributed by atoms with E-state index in [4.69, 9.17) is 28.4 Å². The second-order valence-corrected chi connectivity index (χ2v) is 21.5. The summed E-state index contributed by atoms with van der Waals surface area (Å²) in [5.74, 6) is -0.331. The molecule has 21 atom stereocenters. The third-order valence-electron chi connectivity index (χ3n) is 18.2. The standard InChI is InChI=1S/C44H70O14/c1-22-30(49)35(58-36-32(51)31(50)34(55-23(2)47)24(19-45)56-36)33(52)37(54-22)57-29-11-12-39(5)25(40(29,6)20-46)9-13-41(7)26(39)10-14-44-27-17-38(3,4)15-16-43(27,21-53-44)28(48)18-42(41,44)8/h10,14,22,24-37,45-46,48-52H,9,11-13,15-21H2,1-8H3/t22-,24-,25+,26+,27+,28-,29+,30-,31-,32-,33-,34-,35+,36+,37+,39-,40-,41+,42+,43-,44+/m0/s1. The largest absolute Gasteiger partial charge is 0.457 e. The maximum atomic E-state index is 12.2. The third kappa shape index (κ3) is 5.89. The molecule has 58 heavy (non-hydrogen) atoms. The SMILES string of the molecule is CC(=O)O[C@@H]1[C@@H](O)[C@H](O)[C@@H](O[C@H]2[C@H](O)[C@@H](O[C@@H]3CC[C@@]4(C)[C@@H](CC[C@]5(C)[C@@H]4C=C[C@@]46OC[C@]7(CCC(C)(C)C[C@H]74)[C@@H](O)C[C@]56C)[C@]3(C)CO)O[C@@H](C)[C@@H]2O)O[C@H]1CO. The zero-order valence-corrected chi connectivity index (χ0v) is 35.6. The molecule has 0 radical (unpaired) electrons. The van der Waals surface area contributed by atoms with Gasteiger partial charge in [-0.1, -0.05) is 53.7 Å². The van der Waals surface area contributed by atoms with Crippen LogP contribution in [0.15, 0.2) is 12.2 Å². The Labute approximate surface area is 342 Å². The van der Waals surface area contributed by atoms with Crippen molar-refractivity contribution in [2.75, 3.05) is 19.8 Å². The molecule has 14 heteroatoms. The molecule has 3 heterocycles. The number of rotatable bonds is 7. The molecular formula is C44H70O14. The fraction of sp³-hybridized carbons (Fsp3) is 0.932. The van der Waals surface area contributed by atoms with Crippen LogP contribution in [0.1, 0.15) is 107 Å². The summed E-state index contributed by atoms with van der Waals surface area (Å²) in [6.45, 7) is 16.5. The zero-order valence-electron chi connectivity index (χ0n) is 35.6. The molecule has 0 unspecified atom stereocenters. The molecule has 7 N–H and O–H groups in total. The van der Waals surface area contributed by atoms with Crippen LogP contribution < -0.4 is 0 Å². The highest BCUT2D eigenvalue weighted by molar-refractivity contribution is 5.66. The van der Waals surface area contributed by atoms with Crippen LogP contribution in [0.2, 0.25) is 0 Å². The smallest absolute Gasteiger partial charge is 0.303 e. The van der Waals surface area contributed by atoms with Gasteiger partial charge in [0.05, 0.1) is 43.7 Å². The molecule has 3 saturated heterocycles. The maximum absolute atomic E-state index is 12.2. The van der Waals surface area contributed by atoms with E-state index in [0.717, 1.165) is 45.4 Å². The van der Waals surface area contributed by atoms with Crippen LogP contribution in [0.25, 0.3) is 0 Å². The predicted molar refractivity (Wildman–Crippen MR) is 206 cm³/mol. The molecule has 1 spiro atoms. The first-order valence-electron chi connectivity index (χ1n) is 21.8. The number of carbonyl (C=O) groups is 1. The second-order valence-electron chi connectivity index (χ2n) is 21.5. The van der Waals surface area contributed by atoms with E-state index >= 15 is 0 Å². The van der Waals surface area contributed by atoms with Crippen LogP contribution in [0.4, 0.5) is 0 Å². The maximum Gasteiger partial charge on any atom is 0.303 e. The molecule has 14 nitrogen and oxygen atoms in total. The van der Waals surface area contributed by atoms with Crippen LogP contribution in [-0.2, 0) is 33.2 Å². The van der Waals surface area contributed by atoms with E-state index in [9.17, 15) is 40.5 Å². The minimum absolute atomic E-state index is 0.0264. The number of hydrogen-bond acceptors (Lipinski definition) is 14. The van der Waals surface area contributed by atoms with E-state index in [1.165, 1.54) is 0 Å². The van der Waals surface area contributed by atoms with Crippen molar-refractivity contribution in [1.82, 2.24) is 0 Å². The first-order chi connectivity index (χ1) is 27.1. The average Bonchev–Trinajstić information content (AvgIpc) is 3.44. The van der Waals surface area contributed by atoms with Crippen LogP contribution in [0.5, 0.6) is 0 Å². The van der Waals surface area contributed by atoms with Gasteiger partial charge < -0.3 is 64.2 Å². The van der Waals surface area contributed by atoms with Crippen LogP contribution in [0, 0.1) is 50.2 Å². The van der Waals surface area contributed by atoms with Gasteiger partial charge in [-0.25, -0.2) is 0 Å². The normalized spacial score (nSPS) is 57.1. The highest BCUT2D eigenvalue weighted by atomic mass is 16.7. The van der Waals surface area contributed by atoms with Crippen molar-refractivity contribution < 1.29 is 69.0 Å². The lowest BCUT2D eigenvalue weighted by atomic mass is 9.32. The Bertz CT molecular complexity index is 1610. The van der Waals surface area contributed by atoms with E-state index in [1.54, 1.807) is 6.92 Å². The first-order valence-corrected chi connectivity index (χ1v) is 21.8. The predicted octanol–water partition coefficient (Wildman–Crippen LogP) is 2.35. The van der Waals surface area contributed by atoms with Gasteiger partial charge in [-0.3, -0.25) is 4.79 Å². The van der Waals surface area contributed by atoms with Crippen LogP contribution in [0.3, 0.4) is 0 Å². The summed E-state index contributed by atoms with van der Waals surface area (Å²) in [4.78, 5) is 11.6. The van der Waals surface area contributed by atoms with Crippen molar-refractivity contribution in [2.24, 2.45) is 50.2 Å².